The summed E-state index contributed by atoms with van der Waals surface area (Å²) in [5.41, 5.74) is 2.80. The highest BCUT2D eigenvalue weighted by Gasteiger charge is 2.14. The first kappa shape index (κ1) is 24.6. The van der Waals surface area contributed by atoms with Gasteiger partial charge in [-0.1, -0.05) is 41.9 Å². The van der Waals surface area contributed by atoms with E-state index in [1.165, 1.54) is 18.4 Å². The van der Waals surface area contributed by atoms with Crippen molar-refractivity contribution in [2.24, 2.45) is 5.92 Å². The van der Waals surface area contributed by atoms with Gasteiger partial charge in [0.1, 0.15) is 0 Å². The van der Waals surface area contributed by atoms with Gasteiger partial charge in [-0.05, 0) is 62.0 Å². The minimum absolute atomic E-state index is 0. The number of anilines is 2. The van der Waals surface area contributed by atoms with Crippen LogP contribution >= 0.6 is 36.4 Å². The second-order valence-electron chi connectivity index (χ2n) is 6.81. The Bertz CT molecular complexity index is 722. The lowest BCUT2D eigenvalue weighted by Crippen LogP contribution is -2.28. The summed E-state index contributed by atoms with van der Waals surface area (Å²) >= 11 is 6.36. The van der Waals surface area contributed by atoms with Crippen LogP contribution in [0.25, 0.3) is 0 Å². The first-order valence-corrected chi connectivity index (χ1v) is 9.66. The van der Waals surface area contributed by atoms with Gasteiger partial charge in [0.15, 0.2) is 0 Å². The van der Waals surface area contributed by atoms with Gasteiger partial charge in [-0.25, -0.2) is 0 Å². The average Bonchev–Trinajstić information content (AvgIpc) is 2.67. The quantitative estimate of drug-likeness (QED) is 0.527. The standard InChI is InChI=1S/C21H26ClN3O.2ClH/c22-19-14-18(25-21(26)9-6-16-10-12-23-13-11-16)7-8-20(19)24-15-17-4-2-1-3-5-17;;/h1-5,7-8,14,16,23-24H,6,9-13,15H2,(H,25,26);2*1H. The third-order valence-corrected chi connectivity index (χ3v) is 5.13. The van der Waals surface area contributed by atoms with Crippen LogP contribution in [0.4, 0.5) is 11.4 Å². The maximum Gasteiger partial charge on any atom is 0.224 e. The molecule has 0 unspecified atom stereocenters. The van der Waals surface area contributed by atoms with Crippen molar-refractivity contribution in [3.8, 4) is 0 Å². The maximum absolute atomic E-state index is 12.2. The first-order chi connectivity index (χ1) is 12.7. The lowest BCUT2D eigenvalue weighted by molar-refractivity contribution is -0.116. The fourth-order valence-corrected chi connectivity index (χ4v) is 3.51. The number of hydrogen-bond acceptors (Lipinski definition) is 3. The Morgan fingerprint density at radius 2 is 1.79 bits per heavy atom. The molecule has 7 heteroatoms. The van der Waals surface area contributed by atoms with Crippen LogP contribution in [0.1, 0.15) is 31.2 Å². The van der Waals surface area contributed by atoms with E-state index in [-0.39, 0.29) is 30.7 Å². The van der Waals surface area contributed by atoms with Gasteiger partial charge < -0.3 is 16.0 Å². The van der Waals surface area contributed by atoms with Crippen molar-refractivity contribution in [3.63, 3.8) is 0 Å². The van der Waals surface area contributed by atoms with Crippen LogP contribution in [0.3, 0.4) is 0 Å². The van der Waals surface area contributed by atoms with Gasteiger partial charge in [0.2, 0.25) is 5.91 Å². The number of nitrogens with one attached hydrogen (secondary N) is 3. The van der Waals surface area contributed by atoms with Gasteiger partial charge in [0.25, 0.3) is 0 Å². The van der Waals surface area contributed by atoms with Gasteiger partial charge in [0, 0.05) is 18.7 Å². The number of rotatable bonds is 7. The largest absolute Gasteiger partial charge is 0.380 e. The molecular formula is C21H28Cl3N3O. The van der Waals surface area contributed by atoms with Gasteiger partial charge >= 0.3 is 0 Å². The smallest absolute Gasteiger partial charge is 0.224 e. The predicted octanol–water partition coefficient (Wildman–Crippen LogP) is 5.51. The highest BCUT2D eigenvalue weighted by molar-refractivity contribution is 6.33. The summed E-state index contributed by atoms with van der Waals surface area (Å²) in [7, 11) is 0. The molecule has 2 aromatic carbocycles. The topological polar surface area (TPSA) is 53.2 Å². The molecule has 1 fully saturated rings. The fraction of sp³-hybridized carbons (Fsp3) is 0.381. The number of benzene rings is 2. The minimum Gasteiger partial charge on any atom is -0.380 e. The van der Waals surface area contributed by atoms with Crippen molar-refractivity contribution in [3.05, 3.63) is 59.1 Å². The Morgan fingerprint density at radius 1 is 1.07 bits per heavy atom. The second kappa shape index (κ2) is 12.9. The summed E-state index contributed by atoms with van der Waals surface area (Å²) in [5.74, 6) is 0.722. The van der Waals surface area contributed by atoms with Crippen LogP contribution in [-0.2, 0) is 11.3 Å². The van der Waals surface area contributed by atoms with Crippen molar-refractivity contribution >= 4 is 53.7 Å². The van der Waals surface area contributed by atoms with Gasteiger partial charge in [-0.3, -0.25) is 4.79 Å². The molecule has 0 aliphatic carbocycles. The normalized spacial score (nSPS) is 13.8. The predicted molar refractivity (Wildman–Crippen MR) is 123 cm³/mol. The molecule has 0 atom stereocenters. The first-order valence-electron chi connectivity index (χ1n) is 9.28. The Balaban J connectivity index is 0.00000196. The summed E-state index contributed by atoms with van der Waals surface area (Å²) in [5, 5.41) is 10.2. The number of halogens is 3. The molecule has 3 N–H and O–H groups in total. The highest BCUT2D eigenvalue weighted by atomic mass is 35.5. The van der Waals surface area contributed by atoms with E-state index in [1.807, 2.05) is 30.3 Å². The van der Waals surface area contributed by atoms with E-state index in [9.17, 15) is 4.79 Å². The monoisotopic (exact) mass is 443 g/mol. The summed E-state index contributed by atoms with van der Waals surface area (Å²) in [6.07, 6.45) is 3.86. The number of amides is 1. The SMILES string of the molecule is Cl.Cl.O=C(CCC1CCNCC1)Nc1ccc(NCc2ccccc2)c(Cl)c1. The van der Waals surface area contributed by atoms with Crippen LogP contribution in [0.5, 0.6) is 0 Å². The van der Waals surface area contributed by atoms with Crippen molar-refractivity contribution in [1.29, 1.82) is 0 Å². The molecule has 3 rings (SSSR count). The number of carbonyl (C=O) groups is 1. The van der Waals surface area contributed by atoms with Crippen molar-refractivity contribution in [2.45, 2.75) is 32.2 Å². The zero-order valence-electron chi connectivity index (χ0n) is 15.7. The van der Waals surface area contributed by atoms with Gasteiger partial charge in [-0.15, -0.1) is 24.8 Å². The molecule has 0 bridgehead atoms. The molecule has 1 saturated heterocycles. The molecule has 0 spiro atoms. The molecular weight excluding hydrogens is 417 g/mol. The Morgan fingerprint density at radius 3 is 2.46 bits per heavy atom. The lowest BCUT2D eigenvalue weighted by atomic mass is 9.93. The summed E-state index contributed by atoms with van der Waals surface area (Å²) in [4.78, 5) is 12.2. The molecule has 2 aromatic rings. The van der Waals surface area contributed by atoms with Crippen molar-refractivity contribution in [2.75, 3.05) is 23.7 Å². The van der Waals surface area contributed by atoms with E-state index >= 15 is 0 Å². The lowest BCUT2D eigenvalue weighted by Gasteiger charge is -2.22. The van der Waals surface area contributed by atoms with Gasteiger partial charge in [0.05, 0.1) is 10.7 Å². The third-order valence-electron chi connectivity index (χ3n) is 4.82. The maximum atomic E-state index is 12.2. The summed E-state index contributed by atoms with van der Waals surface area (Å²) < 4.78 is 0. The summed E-state index contributed by atoms with van der Waals surface area (Å²) in [6, 6.07) is 15.8. The number of hydrogen-bond donors (Lipinski definition) is 3. The molecule has 4 nitrogen and oxygen atoms in total. The molecule has 0 aromatic heterocycles. The Hall–Kier alpha value is -1.46. The molecule has 154 valence electrons. The average molecular weight is 445 g/mol. The number of piperidine rings is 1. The van der Waals surface area contributed by atoms with Crippen molar-refractivity contribution in [1.82, 2.24) is 5.32 Å². The summed E-state index contributed by atoms with van der Waals surface area (Å²) in [6.45, 7) is 2.85. The Labute approximate surface area is 184 Å². The van der Waals surface area contributed by atoms with Crippen LogP contribution in [0, 0.1) is 5.92 Å². The van der Waals surface area contributed by atoms with E-state index in [2.05, 4.69) is 28.1 Å². The van der Waals surface area contributed by atoms with E-state index < -0.39 is 0 Å². The van der Waals surface area contributed by atoms with E-state index in [0.29, 0.717) is 23.9 Å². The van der Waals surface area contributed by atoms with Crippen LogP contribution in [0.2, 0.25) is 5.02 Å². The van der Waals surface area contributed by atoms with E-state index in [1.54, 1.807) is 6.07 Å². The van der Waals surface area contributed by atoms with E-state index in [4.69, 9.17) is 11.6 Å². The molecule has 1 heterocycles. The zero-order valence-corrected chi connectivity index (χ0v) is 18.1. The van der Waals surface area contributed by atoms with Crippen LogP contribution in [0.15, 0.2) is 48.5 Å². The fourth-order valence-electron chi connectivity index (χ4n) is 3.26. The van der Waals surface area contributed by atoms with E-state index in [0.717, 1.165) is 30.9 Å². The molecule has 28 heavy (non-hydrogen) atoms. The number of carbonyl (C=O) groups excluding carboxylic acids is 1. The Kier molecular flexibility index (Phi) is 11.3. The zero-order chi connectivity index (χ0) is 18.2. The molecule has 0 saturated carbocycles. The van der Waals surface area contributed by atoms with Gasteiger partial charge in [-0.2, -0.15) is 0 Å². The second-order valence-corrected chi connectivity index (χ2v) is 7.22. The minimum atomic E-state index is 0. The molecule has 1 amide bonds. The molecule has 1 aliphatic rings. The molecule has 1 aliphatic heterocycles. The van der Waals surface area contributed by atoms with Crippen LogP contribution in [-0.4, -0.2) is 19.0 Å². The highest BCUT2D eigenvalue weighted by Crippen LogP contribution is 2.26. The van der Waals surface area contributed by atoms with Crippen molar-refractivity contribution < 1.29 is 4.79 Å². The third kappa shape index (κ3) is 7.88. The molecule has 0 radical (unpaired) electrons. The van der Waals surface area contributed by atoms with Crippen LogP contribution < -0.4 is 16.0 Å².